The monoisotopic (exact) mass is 310 g/mol. The number of carbonyl (C=O) groups is 4. The Morgan fingerprint density at radius 3 is 1.86 bits per heavy atom. The molecule has 0 aromatic carbocycles. The average molecular weight is 310 g/mol. The molecular weight excluding hydrogens is 292 g/mol. The van der Waals surface area contributed by atoms with Gasteiger partial charge in [0.15, 0.2) is 0 Å². The van der Waals surface area contributed by atoms with Crippen molar-refractivity contribution in [3.63, 3.8) is 0 Å². The van der Waals surface area contributed by atoms with Gasteiger partial charge in [0.25, 0.3) is 0 Å². The van der Waals surface area contributed by atoms with Gasteiger partial charge in [-0.25, -0.2) is 0 Å². The molecular formula is C14H18N2O6. The highest BCUT2D eigenvalue weighted by Crippen LogP contribution is 2.47. The van der Waals surface area contributed by atoms with Gasteiger partial charge in [0.05, 0.1) is 23.7 Å². The number of amides is 2. The van der Waals surface area contributed by atoms with Crippen LogP contribution in [-0.4, -0.2) is 47.6 Å². The molecule has 3 unspecified atom stereocenters. The summed E-state index contributed by atoms with van der Waals surface area (Å²) in [5.41, 5.74) is 0. The summed E-state index contributed by atoms with van der Waals surface area (Å²) in [4.78, 5) is 46.6. The van der Waals surface area contributed by atoms with Crippen LogP contribution in [0, 0.1) is 29.6 Å². The SMILES string of the molecule is CNC(=O)C1C(C(=O)O)C(C(=O)NCC2C=CC2)C1C(=O)O. The number of allylic oxidation sites excluding steroid dienone is 1. The second-order valence-corrected chi connectivity index (χ2v) is 5.56. The summed E-state index contributed by atoms with van der Waals surface area (Å²) in [6.07, 6.45) is 4.69. The number of carbonyl (C=O) groups excluding carboxylic acids is 2. The third-order valence-electron chi connectivity index (χ3n) is 4.36. The Bertz CT molecular complexity index is 521. The van der Waals surface area contributed by atoms with Crippen LogP contribution in [0.2, 0.25) is 0 Å². The second kappa shape index (κ2) is 6.17. The minimum Gasteiger partial charge on any atom is -0.481 e. The topological polar surface area (TPSA) is 133 Å². The molecule has 0 heterocycles. The first kappa shape index (κ1) is 16.0. The standard InChI is InChI=1S/C14H18N2O6/c1-15-11(17)7-9(13(19)20)8(10(7)14(21)22)12(18)16-5-6-3-2-4-6/h2-3,6-10H,4-5H2,1H3,(H,15,17)(H,16,18)(H,19,20)(H,21,22). The van der Waals surface area contributed by atoms with E-state index in [2.05, 4.69) is 10.6 Å². The van der Waals surface area contributed by atoms with Gasteiger partial charge in [0.2, 0.25) is 11.8 Å². The van der Waals surface area contributed by atoms with Crippen LogP contribution >= 0.6 is 0 Å². The maximum atomic E-state index is 12.2. The van der Waals surface area contributed by atoms with E-state index in [1.165, 1.54) is 7.05 Å². The van der Waals surface area contributed by atoms with Crippen LogP contribution in [-0.2, 0) is 19.2 Å². The molecule has 0 radical (unpaired) electrons. The largest absolute Gasteiger partial charge is 0.481 e. The highest BCUT2D eigenvalue weighted by molar-refractivity contribution is 5.99. The summed E-state index contributed by atoms with van der Waals surface area (Å²) in [6.45, 7) is 0.342. The van der Waals surface area contributed by atoms with E-state index in [-0.39, 0.29) is 5.92 Å². The molecule has 2 amide bonds. The Balaban J connectivity index is 2.13. The maximum absolute atomic E-state index is 12.2. The van der Waals surface area contributed by atoms with Crippen LogP contribution in [0.3, 0.4) is 0 Å². The lowest BCUT2D eigenvalue weighted by Gasteiger charge is -2.45. The van der Waals surface area contributed by atoms with Gasteiger partial charge in [-0.1, -0.05) is 12.2 Å². The van der Waals surface area contributed by atoms with E-state index in [0.29, 0.717) is 6.54 Å². The van der Waals surface area contributed by atoms with E-state index in [1.54, 1.807) is 0 Å². The summed E-state index contributed by atoms with van der Waals surface area (Å²) in [6, 6.07) is 0. The number of hydrogen-bond acceptors (Lipinski definition) is 4. The summed E-state index contributed by atoms with van der Waals surface area (Å²) >= 11 is 0. The molecule has 0 saturated heterocycles. The van der Waals surface area contributed by atoms with E-state index < -0.39 is 47.4 Å². The first-order chi connectivity index (χ1) is 10.4. The normalized spacial score (nSPS) is 32.3. The van der Waals surface area contributed by atoms with E-state index in [1.807, 2.05) is 12.2 Å². The van der Waals surface area contributed by atoms with Crippen molar-refractivity contribution in [1.29, 1.82) is 0 Å². The third-order valence-corrected chi connectivity index (χ3v) is 4.36. The Hall–Kier alpha value is -2.38. The maximum Gasteiger partial charge on any atom is 0.308 e. The summed E-state index contributed by atoms with van der Waals surface area (Å²) in [7, 11) is 1.30. The Morgan fingerprint density at radius 2 is 1.50 bits per heavy atom. The number of hydrogen-bond donors (Lipinski definition) is 4. The van der Waals surface area contributed by atoms with Crippen LogP contribution in [0.5, 0.6) is 0 Å². The number of nitrogens with one attached hydrogen (secondary N) is 2. The van der Waals surface area contributed by atoms with Crippen LogP contribution in [0.1, 0.15) is 6.42 Å². The number of rotatable bonds is 6. The minimum atomic E-state index is -1.34. The van der Waals surface area contributed by atoms with Crippen LogP contribution < -0.4 is 10.6 Å². The molecule has 120 valence electrons. The van der Waals surface area contributed by atoms with Crippen LogP contribution in [0.15, 0.2) is 12.2 Å². The Kier molecular flexibility index (Phi) is 4.48. The highest BCUT2D eigenvalue weighted by Gasteiger charge is 2.63. The van der Waals surface area contributed by atoms with E-state index >= 15 is 0 Å². The summed E-state index contributed by atoms with van der Waals surface area (Å²) in [5, 5.41) is 23.3. The fourth-order valence-electron chi connectivity index (χ4n) is 3.01. The van der Waals surface area contributed by atoms with E-state index in [0.717, 1.165) is 6.42 Å². The zero-order chi connectivity index (χ0) is 16.4. The number of aliphatic carboxylic acids is 2. The molecule has 2 aliphatic rings. The van der Waals surface area contributed by atoms with E-state index in [4.69, 9.17) is 0 Å². The zero-order valence-electron chi connectivity index (χ0n) is 12.0. The lowest BCUT2D eigenvalue weighted by Crippen LogP contribution is -2.63. The van der Waals surface area contributed by atoms with Crippen LogP contribution in [0.4, 0.5) is 0 Å². The van der Waals surface area contributed by atoms with E-state index in [9.17, 15) is 29.4 Å². The lowest BCUT2D eigenvalue weighted by atomic mass is 9.55. The van der Waals surface area contributed by atoms with Gasteiger partial charge in [-0.05, 0) is 12.3 Å². The van der Waals surface area contributed by atoms with Crippen molar-refractivity contribution >= 4 is 23.8 Å². The quantitative estimate of drug-likeness (QED) is 0.469. The molecule has 0 aromatic rings. The molecule has 2 rings (SSSR count). The molecule has 8 nitrogen and oxygen atoms in total. The van der Waals surface area contributed by atoms with Gasteiger partial charge < -0.3 is 20.8 Å². The summed E-state index contributed by atoms with van der Waals surface area (Å²) in [5.74, 6) is -8.89. The molecule has 22 heavy (non-hydrogen) atoms. The summed E-state index contributed by atoms with van der Waals surface area (Å²) < 4.78 is 0. The van der Waals surface area contributed by atoms with Crippen molar-refractivity contribution in [2.24, 2.45) is 29.6 Å². The first-order valence-corrected chi connectivity index (χ1v) is 7.00. The number of carboxylic acid groups (broad SMARTS) is 2. The molecule has 0 aliphatic heterocycles. The van der Waals surface area contributed by atoms with Crippen molar-refractivity contribution in [2.45, 2.75) is 6.42 Å². The molecule has 1 saturated carbocycles. The molecule has 0 spiro atoms. The molecule has 8 heteroatoms. The van der Waals surface area contributed by atoms with Gasteiger partial charge in [0, 0.05) is 13.6 Å². The molecule has 2 aliphatic carbocycles. The van der Waals surface area contributed by atoms with Gasteiger partial charge in [-0.2, -0.15) is 0 Å². The van der Waals surface area contributed by atoms with Crippen molar-refractivity contribution in [2.75, 3.05) is 13.6 Å². The van der Waals surface area contributed by atoms with Crippen molar-refractivity contribution in [3.05, 3.63) is 12.2 Å². The average Bonchev–Trinajstić information content (AvgIpc) is 2.34. The fourth-order valence-corrected chi connectivity index (χ4v) is 3.01. The van der Waals surface area contributed by atoms with Crippen LogP contribution in [0.25, 0.3) is 0 Å². The molecule has 0 bridgehead atoms. The predicted molar refractivity (Wildman–Crippen MR) is 73.6 cm³/mol. The molecule has 4 N–H and O–H groups in total. The third kappa shape index (κ3) is 2.68. The first-order valence-electron chi connectivity index (χ1n) is 7.00. The van der Waals surface area contributed by atoms with Crippen molar-refractivity contribution in [1.82, 2.24) is 10.6 Å². The fraction of sp³-hybridized carbons (Fsp3) is 0.571. The Labute approximate surface area is 126 Å². The van der Waals surface area contributed by atoms with Gasteiger partial charge >= 0.3 is 11.9 Å². The minimum absolute atomic E-state index is 0.199. The molecule has 3 atom stereocenters. The highest BCUT2D eigenvalue weighted by atomic mass is 16.4. The van der Waals surface area contributed by atoms with Crippen molar-refractivity contribution in [3.8, 4) is 0 Å². The smallest absolute Gasteiger partial charge is 0.308 e. The van der Waals surface area contributed by atoms with Crippen molar-refractivity contribution < 1.29 is 29.4 Å². The van der Waals surface area contributed by atoms with Gasteiger partial charge in [-0.3, -0.25) is 19.2 Å². The predicted octanol–water partition coefficient (Wildman–Crippen LogP) is -0.928. The number of carboxylic acids is 2. The van der Waals surface area contributed by atoms with Gasteiger partial charge in [0.1, 0.15) is 0 Å². The molecule has 1 fully saturated rings. The Morgan fingerprint density at radius 1 is 1.00 bits per heavy atom. The zero-order valence-corrected chi connectivity index (χ0v) is 12.0. The lowest BCUT2D eigenvalue weighted by molar-refractivity contribution is -0.181. The van der Waals surface area contributed by atoms with Gasteiger partial charge in [-0.15, -0.1) is 0 Å². The molecule has 0 aromatic heterocycles. The second-order valence-electron chi connectivity index (χ2n) is 5.56.